The monoisotopic (exact) mass is 435 g/mol. The van der Waals surface area contributed by atoms with E-state index in [1.54, 1.807) is 29.2 Å². The molecule has 1 saturated heterocycles. The maximum atomic E-state index is 12.4. The van der Waals surface area contributed by atoms with E-state index in [0.717, 1.165) is 0 Å². The molecule has 1 fully saturated rings. The summed E-state index contributed by atoms with van der Waals surface area (Å²) >= 11 is 11.7. The summed E-state index contributed by atoms with van der Waals surface area (Å²) in [6.07, 6.45) is 0.0572. The Morgan fingerprint density at radius 1 is 1.10 bits per heavy atom. The zero-order valence-electron chi connectivity index (χ0n) is 15.6. The molecule has 0 bridgehead atoms. The van der Waals surface area contributed by atoms with Crippen molar-refractivity contribution in [2.75, 3.05) is 18.1 Å². The van der Waals surface area contributed by atoms with Gasteiger partial charge in [-0.1, -0.05) is 23.2 Å². The summed E-state index contributed by atoms with van der Waals surface area (Å²) in [6, 6.07) is 11.5. The largest absolute Gasteiger partial charge is 0.494 e. The van der Waals surface area contributed by atoms with E-state index in [1.165, 1.54) is 18.2 Å². The lowest BCUT2D eigenvalue weighted by Crippen LogP contribution is -2.45. The van der Waals surface area contributed by atoms with E-state index < -0.39 is 17.7 Å². The van der Waals surface area contributed by atoms with E-state index in [0.29, 0.717) is 23.1 Å². The number of hydrogen-bond acceptors (Lipinski definition) is 4. The van der Waals surface area contributed by atoms with Gasteiger partial charge in [0.15, 0.2) is 0 Å². The van der Waals surface area contributed by atoms with Crippen molar-refractivity contribution >= 4 is 46.6 Å². The molecule has 29 heavy (non-hydrogen) atoms. The predicted molar refractivity (Wildman–Crippen MR) is 110 cm³/mol. The molecule has 1 heterocycles. The van der Waals surface area contributed by atoms with Gasteiger partial charge in [-0.15, -0.1) is 0 Å². The summed E-state index contributed by atoms with van der Waals surface area (Å²) in [6.45, 7) is 2.67. The molecule has 2 aromatic rings. The summed E-state index contributed by atoms with van der Waals surface area (Å²) in [4.78, 5) is 38.4. The lowest BCUT2D eigenvalue weighted by atomic mass is 10.1. The molecule has 0 saturated carbocycles. The van der Waals surface area contributed by atoms with Crippen LogP contribution in [0.2, 0.25) is 10.0 Å². The standard InChI is InChI=1S/C20H19Cl2N3O4/c1-2-29-15-6-4-14(5-7-15)25-11-13(10-18(25)26)20(28)24-23-19(27)12-3-8-16(21)17(22)9-12/h3-9,13H,2,10-11H2,1H3,(H,23,27)(H,24,28)/t13-/m0/s1. The molecule has 0 aliphatic carbocycles. The number of carbonyl (C=O) groups is 3. The first-order chi connectivity index (χ1) is 13.9. The van der Waals surface area contributed by atoms with Gasteiger partial charge in [0, 0.05) is 24.2 Å². The summed E-state index contributed by atoms with van der Waals surface area (Å²) in [5.74, 6) is -1.01. The average Bonchev–Trinajstić information content (AvgIpc) is 3.10. The van der Waals surface area contributed by atoms with Crippen LogP contribution in [0.3, 0.4) is 0 Å². The van der Waals surface area contributed by atoms with Crippen molar-refractivity contribution in [1.29, 1.82) is 0 Å². The average molecular weight is 436 g/mol. The Labute approximate surface area is 177 Å². The van der Waals surface area contributed by atoms with Gasteiger partial charge >= 0.3 is 0 Å². The van der Waals surface area contributed by atoms with Crippen LogP contribution in [0, 0.1) is 5.92 Å². The molecule has 3 rings (SSSR count). The van der Waals surface area contributed by atoms with Crippen LogP contribution in [0.25, 0.3) is 0 Å². The number of halogens is 2. The fraction of sp³-hybridized carbons (Fsp3) is 0.250. The number of hydrogen-bond donors (Lipinski definition) is 2. The second-order valence-electron chi connectivity index (χ2n) is 6.40. The van der Waals surface area contributed by atoms with Gasteiger partial charge in [-0.3, -0.25) is 25.2 Å². The Morgan fingerprint density at radius 3 is 2.48 bits per heavy atom. The number of rotatable bonds is 5. The quantitative estimate of drug-likeness (QED) is 0.705. The molecular weight excluding hydrogens is 417 g/mol. The van der Waals surface area contributed by atoms with Crippen molar-refractivity contribution in [3.05, 3.63) is 58.1 Å². The molecular formula is C20H19Cl2N3O4. The Kier molecular flexibility index (Phi) is 6.61. The molecule has 2 aromatic carbocycles. The van der Waals surface area contributed by atoms with Gasteiger partial charge in [-0.05, 0) is 49.4 Å². The number of ether oxygens (including phenoxy) is 1. The minimum Gasteiger partial charge on any atom is -0.494 e. The van der Waals surface area contributed by atoms with Gasteiger partial charge in [0.05, 0.1) is 22.6 Å². The highest BCUT2D eigenvalue weighted by Crippen LogP contribution is 2.27. The van der Waals surface area contributed by atoms with Gasteiger partial charge < -0.3 is 9.64 Å². The third kappa shape index (κ3) is 4.99. The fourth-order valence-electron chi connectivity index (χ4n) is 2.95. The van der Waals surface area contributed by atoms with E-state index in [1.807, 2.05) is 6.92 Å². The Bertz CT molecular complexity index is 934. The van der Waals surface area contributed by atoms with Crippen LogP contribution in [0.15, 0.2) is 42.5 Å². The van der Waals surface area contributed by atoms with Gasteiger partial charge in [-0.2, -0.15) is 0 Å². The minimum atomic E-state index is -0.580. The SMILES string of the molecule is CCOc1ccc(N2C[C@@H](C(=O)NNC(=O)c3ccc(Cl)c(Cl)c3)CC2=O)cc1. The predicted octanol–water partition coefficient (Wildman–Crippen LogP) is 3.21. The van der Waals surface area contributed by atoms with Crippen LogP contribution in [0.5, 0.6) is 5.75 Å². The Morgan fingerprint density at radius 2 is 1.83 bits per heavy atom. The second-order valence-corrected chi connectivity index (χ2v) is 7.22. The van der Waals surface area contributed by atoms with Crippen LogP contribution in [-0.4, -0.2) is 30.9 Å². The summed E-state index contributed by atoms with van der Waals surface area (Å²) in [5, 5.41) is 0.559. The van der Waals surface area contributed by atoms with Crippen molar-refractivity contribution < 1.29 is 19.1 Å². The van der Waals surface area contributed by atoms with Crippen LogP contribution in [-0.2, 0) is 9.59 Å². The molecule has 1 atom stereocenters. The molecule has 7 nitrogen and oxygen atoms in total. The minimum absolute atomic E-state index is 0.0572. The number of nitrogens with zero attached hydrogens (tertiary/aromatic N) is 1. The summed E-state index contributed by atoms with van der Waals surface area (Å²) in [5.41, 5.74) is 5.63. The van der Waals surface area contributed by atoms with Crippen LogP contribution < -0.4 is 20.5 Å². The van der Waals surface area contributed by atoms with Crippen LogP contribution >= 0.6 is 23.2 Å². The van der Waals surface area contributed by atoms with Gasteiger partial charge in [-0.25, -0.2) is 0 Å². The Balaban J connectivity index is 1.57. The van der Waals surface area contributed by atoms with E-state index in [-0.39, 0.29) is 29.5 Å². The molecule has 1 aliphatic heterocycles. The maximum Gasteiger partial charge on any atom is 0.269 e. The molecule has 0 radical (unpaired) electrons. The van der Waals surface area contributed by atoms with Crippen LogP contribution in [0.1, 0.15) is 23.7 Å². The van der Waals surface area contributed by atoms with E-state index >= 15 is 0 Å². The molecule has 2 N–H and O–H groups in total. The summed E-state index contributed by atoms with van der Waals surface area (Å²) < 4.78 is 5.39. The molecule has 9 heteroatoms. The highest BCUT2D eigenvalue weighted by molar-refractivity contribution is 6.42. The lowest BCUT2D eigenvalue weighted by Gasteiger charge is -2.17. The maximum absolute atomic E-state index is 12.4. The molecule has 152 valence electrons. The fourth-order valence-corrected chi connectivity index (χ4v) is 3.25. The van der Waals surface area contributed by atoms with E-state index in [9.17, 15) is 14.4 Å². The Hall–Kier alpha value is -2.77. The number of benzene rings is 2. The first-order valence-electron chi connectivity index (χ1n) is 8.97. The number of nitrogens with one attached hydrogen (secondary N) is 2. The van der Waals surface area contributed by atoms with Crippen molar-refractivity contribution in [2.24, 2.45) is 5.92 Å². The molecule has 0 aromatic heterocycles. The zero-order valence-corrected chi connectivity index (χ0v) is 17.1. The van der Waals surface area contributed by atoms with Gasteiger partial charge in [0.1, 0.15) is 5.75 Å². The lowest BCUT2D eigenvalue weighted by molar-refractivity contribution is -0.126. The normalized spacial score (nSPS) is 15.9. The number of hydrazine groups is 1. The van der Waals surface area contributed by atoms with Gasteiger partial charge in [0.25, 0.3) is 5.91 Å². The van der Waals surface area contributed by atoms with Gasteiger partial charge in [0.2, 0.25) is 11.8 Å². The highest BCUT2D eigenvalue weighted by Gasteiger charge is 2.35. The number of anilines is 1. The molecule has 3 amide bonds. The van der Waals surface area contributed by atoms with E-state index in [4.69, 9.17) is 27.9 Å². The zero-order chi connectivity index (χ0) is 21.0. The van der Waals surface area contributed by atoms with Crippen molar-refractivity contribution in [3.8, 4) is 5.75 Å². The van der Waals surface area contributed by atoms with Crippen molar-refractivity contribution in [3.63, 3.8) is 0 Å². The van der Waals surface area contributed by atoms with Crippen LogP contribution in [0.4, 0.5) is 5.69 Å². The highest BCUT2D eigenvalue weighted by atomic mass is 35.5. The first-order valence-corrected chi connectivity index (χ1v) is 9.73. The first kappa shape index (κ1) is 21.0. The number of amides is 3. The topological polar surface area (TPSA) is 87.7 Å². The smallest absolute Gasteiger partial charge is 0.269 e. The van der Waals surface area contributed by atoms with Crippen molar-refractivity contribution in [1.82, 2.24) is 10.9 Å². The van der Waals surface area contributed by atoms with Crippen molar-refractivity contribution in [2.45, 2.75) is 13.3 Å². The molecule has 0 spiro atoms. The molecule has 1 aliphatic rings. The summed E-state index contributed by atoms with van der Waals surface area (Å²) in [7, 11) is 0. The third-order valence-electron chi connectivity index (χ3n) is 4.44. The second kappa shape index (κ2) is 9.15. The molecule has 0 unspecified atom stereocenters. The number of carbonyl (C=O) groups excluding carboxylic acids is 3. The van der Waals surface area contributed by atoms with E-state index in [2.05, 4.69) is 10.9 Å². The third-order valence-corrected chi connectivity index (χ3v) is 5.18.